The minimum Gasteiger partial charge on any atom is -0.505 e. The van der Waals surface area contributed by atoms with Gasteiger partial charge in [-0.1, -0.05) is 23.2 Å². The van der Waals surface area contributed by atoms with Crippen LogP contribution in [0.3, 0.4) is 0 Å². The lowest BCUT2D eigenvalue weighted by Gasteiger charge is -2.09. The Labute approximate surface area is 136 Å². The summed E-state index contributed by atoms with van der Waals surface area (Å²) < 4.78 is 6.40. The van der Waals surface area contributed by atoms with Crippen molar-refractivity contribution in [1.82, 2.24) is 4.57 Å². The Morgan fingerprint density at radius 3 is 2.36 bits per heavy atom. The molecule has 3 aromatic rings. The molecule has 6 heteroatoms. The van der Waals surface area contributed by atoms with Crippen LogP contribution in [0.4, 0.5) is 0 Å². The van der Waals surface area contributed by atoms with Gasteiger partial charge in [0, 0.05) is 21.1 Å². The summed E-state index contributed by atoms with van der Waals surface area (Å²) in [7, 11) is 1.26. The molecule has 2 aromatic carbocycles. The summed E-state index contributed by atoms with van der Waals surface area (Å²) in [6.07, 6.45) is 0. The molecular weight excluding hydrogens is 325 g/mol. The summed E-state index contributed by atoms with van der Waals surface area (Å²) >= 11 is 11.9. The first-order valence-electron chi connectivity index (χ1n) is 6.40. The van der Waals surface area contributed by atoms with Crippen LogP contribution in [0.2, 0.25) is 10.0 Å². The van der Waals surface area contributed by atoms with Crippen LogP contribution in [0.5, 0.6) is 5.75 Å². The number of aromatic nitrogens is 1. The highest BCUT2D eigenvalue weighted by atomic mass is 35.5. The molecule has 0 saturated heterocycles. The topological polar surface area (TPSA) is 51.5 Å². The molecule has 22 heavy (non-hydrogen) atoms. The maximum atomic E-state index is 12.1. The first kappa shape index (κ1) is 14.8. The van der Waals surface area contributed by atoms with Crippen molar-refractivity contribution in [2.45, 2.75) is 0 Å². The van der Waals surface area contributed by atoms with Gasteiger partial charge in [-0.3, -0.25) is 0 Å². The van der Waals surface area contributed by atoms with Crippen LogP contribution in [0.1, 0.15) is 10.5 Å². The normalized spacial score (nSPS) is 10.9. The van der Waals surface area contributed by atoms with E-state index >= 15 is 0 Å². The summed E-state index contributed by atoms with van der Waals surface area (Å²) in [6, 6.07) is 11.9. The molecule has 0 spiro atoms. The number of aromatic hydroxyl groups is 1. The first-order valence-corrected chi connectivity index (χ1v) is 7.15. The smallest absolute Gasteiger partial charge is 0.358 e. The molecule has 0 aliphatic carbocycles. The van der Waals surface area contributed by atoms with E-state index in [4.69, 9.17) is 27.9 Å². The van der Waals surface area contributed by atoms with Gasteiger partial charge in [0.1, 0.15) is 0 Å². The van der Waals surface area contributed by atoms with Gasteiger partial charge in [-0.25, -0.2) is 4.79 Å². The molecule has 1 heterocycles. The molecule has 112 valence electrons. The average molecular weight is 336 g/mol. The van der Waals surface area contributed by atoms with E-state index in [2.05, 4.69) is 0 Å². The van der Waals surface area contributed by atoms with E-state index in [1.807, 2.05) is 0 Å². The Bertz CT molecular complexity index is 869. The van der Waals surface area contributed by atoms with Crippen LogP contribution >= 0.6 is 23.2 Å². The fourth-order valence-electron chi connectivity index (χ4n) is 2.39. The van der Waals surface area contributed by atoms with Gasteiger partial charge in [-0.2, -0.15) is 0 Å². The lowest BCUT2D eigenvalue weighted by atomic mass is 10.2. The molecule has 4 nitrogen and oxygen atoms in total. The Morgan fingerprint density at radius 2 is 1.73 bits per heavy atom. The molecule has 0 unspecified atom stereocenters. The fraction of sp³-hybridized carbons (Fsp3) is 0.0625. The summed E-state index contributed by atoms with van der Waals surface area (Å²) in [5.74, 6) is -0.806. The van der Waals surface area contributed by atoms with Gasteiger partial charge in [-0.15, -0.1) is 0 Å². The van der Waals surface area contributed by atoms with Gasteiger partial charge >= 0.3 is 5.97 Å². The number of halogens is 2. The summed E-state index contributed by atoms with van der Waals surface area (Å²) in [5.41, 5.74) is 1.36. The largest absolute Gasteiger partial charge is 0.505 e. The molecule has 0 amide bonds. The molecule has 1 N–H and O–H groups in total. The van der Waals surface area contributed by atoms with Crippen molar-refractivity contribution in [3.05, 3.63) is 58.2 Å². The van der Waals surface area contributed by atoms with E-state index in [1.54, 1.807) is 47.0 Å². The van der Waals surface area contributed by atoms with Crippen LogP contribution in [0.15, 0.2) is 42.5 Å². The van der Waals surface area contributed by atoms with Crippen molar-refractivity contribution in [3.8, 4) is 11.4 Å². The quantitative estimate of drug-likeness (QED) is 0.705. The Morgan fingerprint density at radius 1 is 1.09 bits per heavy atom. The average Bonchev–Trinajstić information content (AvgIpc) is 2.80. The second-order valence-corrected chi connectivity index (χ2v) is 5.53. The zero-order valence-electron chi connectivity index (χ0n) is 11.5. The second kappa shape index (κ2) is 5.55. The number of esters is 1. The number of carbonyl (C=O) groups excluding carboxylic acids is 1. The summed E-state index contributed by atoms with van der Waals surface area (Å²) in [5, 5.41) is 11.9. The number of benzene rings is 2. The maximum Gasteiger partial charge on any atom is 0.358 e. The first-order chi connectivity index (χ1) is 10.5. The third-order valence-electron chi connectivity index (χ3n) is 3.37. The van der Waals surface area contributed by atoms with Crippen LogP contribution in [0, 0.1) is 0 Å². The molecule has 0 fully saturated rings. The van der Waals surface area contributed by atoms with Gasteiger partial charge in [0.2, 0.25) is 0 Å². The molecule has 0 bridgehead atoms. The Kier molecular flexibility index (Phi) is 3.72. The van der Waals surface area contributed by atoms with Crippen LogP contribution in [0.25, 0.3) is 16.6 Å². The zero-order valence-corrected chi connectivity index (χ0v) is 13.0. The van der Waals surface area contributed by atoms with Crippen molar-refractivity contribution in [1.29, 1.82) is 0 Å². The molecule has 0 aliphatic heterocycles. The van der Waals surface area contributed by atoms with E-state index < -0.39 is 5.97 Å². The van der Waals surface area contributed by atoms with Gasteiger partial charge in [0.25, 0.3) is 0 Å². The molecule has 0 aliphatic rings. The van der Waals surface area contributed by atoms with E-state index in [1.165, 1.54) is 7.11 Å². The van der Waals surface area contributed by atoms with Crippen LogP contribution in [-0.2, 0) is 4.74 Å². The van der Waals surface area contributed by atoms with Gasteiger partial charge in [0.05, 0.1) is 12.6 Å². The predicted octanol–water partition coefficient (Wildman–Crippen LogP) is 4.43. The number of methoxy groups -OCH3 is 1. The number of rotatable bonds is 2. The molecule has 3 rings (SSSR count). The van der Waals surface area contributed by atoms with Crippen LogP contribution < -0.4 is 0 Å². The van der Waals surface area contributed by atoms with Crippen molar-refractivity contribution < 1.29 is 14.6 Å². The van der Waals surface area contributed by atoms with Crippen molar-refractivity contribution in [3.63, 3.8) is 0 Å². The van der Waals surface area contributed by atoms with Gasteiger partial charge < -0.3 is 14.4 Å². The molecule has 0 radical (unpaired) electrons. The maximum absolute atomic E-state index is 12.1. The highest BCUT2D eigenvalue weighted by Gasteiger charge is 2.24. The number of hydrogen-bond donors (Lipinski definition) is 1. The third kappa shape index (κ3) is 2.30. The minimum atomic E-state index is -0.639. The molecule has 1 aromatic heterocycles. The predicted molar refractivity (Wildman–Crippen MR) is 86.3 cm³/mol. The zero-order chi connectivity index (χ0) is 15.9. The Balaban J connectivity index is 2.40. The summed E-state index contributed by atoms with van der Waals surface area (Å²) in [4.78, 5) is 12.1. The van der Waals surface area contributed by atoms with Crippen molar-refractivity contribution in [2.24, 2.45) is 0 Å². The van der Waals surface area contributed by atoms with E-state index in [-0.39, 0.29) is 11.4 Å². The molecule has 0 atom stereocenters. The fourth-order valence-corrected chi connectivity index (χ4v) is 2.69. The SMILES string of the molecule is COC(=O)c1c(O)c2cc(Cl)ccc2n1-c1ccc(Cl)cc1. The molecule has 0 saturated carbocycles. The van der Waals surface area contributed by atoms with E-state index in [9.17, 15) is 9.90 Å². The number of ether oxygens (including phenoxy) is 1. The highest BCUT2D eigenvalue weighted by Crippen LogP contribution is 2.36. The standard InChI is InChI=1S/C16H11Cl2NO3/c1-22-16(21)14-15(20)12-8-10(18)4-7-13(12)19(14)11-5-2-9(17)3-6-11/h2-8,20H,1H3. The van der Waals surface area contributed by atoms with Gasteiger partial charge in [0.15, 0.2) is 11.4 Å². The number of hydrogen-bond acceptors (Lipinski definition) is 3. The lowest BCUT2D eigenvalue weighted by molar-refractivity contribution is 0.0588. The van der Waals surface area contributed by atoms with Gasteiger partial charge in [-0.05, 0) is 42.5 Å². The lowest BCUT2D eigenvalue weighted by Crippen LogP contribution is -2.09. The second-order valence-electron chi connectivity index (χ2n) is 4.66. The molecular formula is C16H11Cl2NO3. The third-order valence-corrected chi connectivity index (χ3v) is 3.85. The Hall–Kier alpha value is -2.17. The number of carbonyl (C=O) groups is 1. The summed E-state index contributed by atoms with van der Waals surface area (Å²) in [6.45, 7) is 0. The van der Waals surface area contributed by atoms with Crippen LogP contribution in [-0.4, -0.2) is 22.8 Å². The number of nitrogens with zero attached hydrogens (tertiary/aromatic N) is 1. The van der Waals surface area contributed by atoms with E-state index in [0.29, 0.717) is 26.6 Å². The highest BCUT2D eigenvalue weighted by molar-refractivity contribution is 6.31. The monoisotopic (exact) mass is 335 g/mol. The van der Waals surface area contributed by atoms with E-state index in [0.717, 1.165) is 0 Å². The minimum absolute atomic E-state index is 0.0436. The van der Waals surface area contributed by atoms with Crippen molar-refractivity contribution >= 4 is 40.1 Å². The number of fused-ring (bicyclic) bond motifs is 1. The van der Waals surface area contributed by atoms with Crippen molar-refractivity contribution in [2.75, 3.05) is 7.11 Å².